The molecular formula is C33H29FN2O3S. The van der Waals surface area contributed by atoms with E-state index in [0.717, 1.165) is 22.4 Å². The molecule has 5 nitrogen and oxygen atoms in total. The summed E-state index contributed by atoms with van der Waals surface area (Å²) in [6, 6.07) is 31.2. The van der Waals surface area contributed by atoms with Crippen molar-refractivity contribution in [1.82, 2.24) is 4.90 Å². The van der Waals surface area contributed by atoms with E-state index in [9.17, 15) is 9.18 Å². The SMILES string of the molecule is CCOc1cc(/C=C2/SC(=Nc3ccccc3)N([C@H](C)c3ccccc3)C2=O)ccc1OCc1ccc(F)cc1. The molecule has 1 atom stereocenters. The third kappa shape index (κ3) is 6.43. The zero-order valence-corrected chi connectivity index (χ0v) is 23.1. The highest BCUT2D eigenvalue weighted by molar-refractivity contribution is 8.18. The molecule has 0 spiro atoms. The van der Waals surface area contributed by atoms with Crippen LogP contribution in [0.4, 0.5) is 10.1 Å². The second-order valence-electron chi connectivity index (χ2n) is 9.16. The Morgan fingerprint density at radius 2 is 1.60 bits per heavy atom. The molecule has 40 heavy (non-hydrogen) atoms. The number of para-hydroxylation sites is 1. The summed E-state index contributed by atoms with van der Waals surface area (Å²) in [7, 11) is 0. The number of nitrogens with zero attached hydrogens (tertiary/aromatic N) is 2. The highest BCUT2D eigenvalue weighted by atomic mass is 32.2. The zero-order chi connectivity index (χ0) is 27.9. The average Bonchev–Trinajstić information content (AvgIpc) is 3.28. The number of amidine groups is 1. The van der Waals surface area contributed by atoms with Gasteiger partial charge < -0.3 is 9.47 Å². The van der Waals surface area contributed by atoms with Crippen molar-refractivity contribution >= 4 is 34.6 Å². The van der Waals surface area contributed by atoms with Crippen LogP contribution in [0.5, 0.6) is 11.5 Å². The highest BCUT2D eigenvalue weighted by Gasteiger charge is 2.37. The van der Waals surface area contributed by atoms with Gasteiger partial charge in [0.1, 0.15) is 12.4 Å². The second-order valence-corrected chi connectivity index (χ2v) is 10.2. The molecule has 5 rings (SSSR count). The van der Waals surface area contributed by atoms with E-state index in [4.69, 9.17) is 14.5 Å². The van der Waals surface area contributed by atoms with Crippen molar-refractivity contribution in [3.63, 3.8) is 0 Å². The number of aliphatic imine (C=N–C) groups is 1. The van der Waals surface area contributed by atoms with E-state index in [-0.39, 0.29) is 24.4 Å². The van der Waals surface area contributed by atoms with Crippen LogP contribution in [-0.4, -0.2) is 22.6 Å². The largest absolute Gasteiger partial charge is 0.490 e. The number of carbonyl (C=O) groups excluding carboxylic acids is 1. The molecule has 1 aliphatic rings. The van der Waals surface area contributed by atoms with Crippen molar-refractivity contribution in [2.75, 3.05) is 6.61 Å². The Morgan fingerprint density at radius 1 is 0.900 bits per heavy atom. The number of rotatable bonds is 9. The molecule has 0 N–H and O–H groups in total. The molecule has 0 radical (unpaired) electrons. The zero-order valence-electron chi connectivity index (χ0n) is 22.3. The summed E-state index contributed by atoms with van der Waals surface area (Å²) in [4.78, 5) is 20.9. The van der Waals surface area contributed by atoms with Crippen molar-refractivity contribution in [2.24, 2.45) is 4.99 Å². The first kappa shape index (κ1) is 27.2. The molecule has 4 aromatic rings. The van der Waals surface area contributed by atoms with Crippen LogP contribution in [0, 0.1) is 5.82 Å². The first-order valence-electron chi connectivity index (χ1n) is 13.1. The fourth-order valence-electron chi connectivity index (χ4n) is 4.29. The van der Waals surface area contributed by atoms with Gasteiger partial charge in [0.25, 0.3) is 5.91 Å². The lowest BCUT2D eigenvalue weighted by molar-refractivity contribution is -0.123. The van der Waals surface area contributed by atoms with Gasteiger partial charge in [0, 0.05) is 0 Å². The number of ether oxygens (including phenoxy) is 2. The Hall–Kier alpha value is -4.36. The Morgan fingerprint density at radius 3 is 2.30 bits per heavy atom. The van der Waals surface area contributed by atoms with Gasteiger partial charge in [-0.3, -0.25) is 9.69 Å². The topological polar surface area (TPSA) is 51.1 Å². The van der Waals surface area contributed by atoms with E-state index in [1.54, 1.807) is 17.0 Å². The molecular weight excluding hydrogens is 523 g/mol. The normalized spacial score (nSPS) is 16.0. The Labute approximate surface area is 238 Å². The first-order valence-corrected chi connectivity index (χ1v) is 13.9. The lowest BCUT2D eigenvalue weighted by atomic mass is 10.1. The molecule has 7 heteroatoms. The monoisotopic (exact) mass is 552 g/mol. The highest BCUT2D eigenvalue weighted by Crippen LogP contribution is 2.40. The molecule has 1 aliphatic heterocycles. The van der Waals surface area contributed by atoms with Gasteiger partial charge in [0.15, 0.2) is 16.7 Å². The fraction of sp³-hybridized carbons (Fsp3) is 0.152. The van der Waals surface area contributed by atoms with Crippen LogP contribution in [0.2, 0.25) is 0 Å². The number of halogens is 1. The molecule has 1 saturated heterocycles. The number of hydrogen-bond donors (Lipinski definition) is 0. The summed E-state index contributed by atoms with van der Waals surface area (Å²) < 4.78 is 25.1. The van der Waals surface area contributed by atoms with Crippen molar-refractivity contribution in [2.45, 2.75) is 26.5 Å². The molecule has 1 amide bonds. The number of carbonyl (C=O) groups is 1. The Kier molecular flexibility index (Phi) is 8.62. The van der Waals surface area contributed by atoms with Crippen molar-refractivity contribution in [3.8, 4) is 11.5 Å². The van der Waals surface area contributed by atoms with Crippen LogP contribution in [0.15, 0.2) is 113 Å². The summed E-state index contributed by atoms with van der Waals surface area (Å²) in [5.41, 5.74) is 3.47. The van der Waals surface area contributed by atoms with Crippen LogP contribution in [0.25, 0.3) is 6.08 Å². The van der Waals surface area contributed by atoms with Gasteiger partial charge in [0.05, 0.1) is 23.2 Å². The quantitative estimate of drug-likeness (QED) is 0.197. The predicted octanol–water partition coefficient (Wildman–Crippen LogP) is 8.17. The van der Waals surface area contributed by atoms with Crippen molar-refractivity contribution in [1.29, 1.82) is 0 Å². The summed E-state index contributed by atoms with van der Waals surface area (Å²) in [6.07, 6.45) is 1.86. The molecule has 0 bridgehead atoms. The minimum Gasteiger partial charge on any atom is -0.490 e. The van der Waals surface area contributed by atoms with Crippen LogP contribution in [0.3, 0.4) is 0 Å². The smallest absolute Gasteiger partial charge is 0.267 e. The number of hydrogen-bond acceptors (Lipinski definition) is 5. The summed E-state index contributed by atoms with van der Waals surface area (Å²) >= 11 is 1.36. The molecule has 1 fully saturated rings. The number of amides is 1. The van der Waals surface area contributed by atoms with E-state index >= 15 is 0 Å². The Bertz CT molecular complexity index is 1520. The van der Waals surface area contributed by atoms with Gasteiger partial charge in [0.2, 0.25) is 0 Å². The van der Waals surface area contributed by atoms with Crippen LogP contribution >= 0.6 is 11.8 Å². The van der Waals surface area contributed by atoms with Crippen molar-refractivity contribution in [3.05, 3.63) is 131 Å². The second kappa shape index (κ2) is 12.7. The van der Waals surface area contributed by atoms with Crippen LogP contribution in [0.1, 0.15) is 36.6 Å². The number of thioether (sulfide) groups is 1. The minimum absolute atomic E-state index is 0.106. The van der Waals surface area contributed by atoms with E-state index in [2.05, 4.69) is 0 Å². The third-order valence-electron chi connectivity index (χ3n) is 6.36. The fourth-order valence-corrected chi connectivity index (χ4v) is 5.36. The van der Waals surface area contributed by atoms with Gasteiger partial charge in [-0.1, -0.05) is 66.7 Å². The molecule has 0 unspecified atom stereocenters. The van der Waals surface area contributed by atoms with Crippen molar-refractivity contribution < 1.29 is 18.7 Å². The van der Waals surface area contributed by atoms with Crippen LogP contribution in [-0.2, 0) is 11.4 Å². The van der Waals surface area contributed by atoms with E-state index in [1.807, 2.05) is 98.8 Å². The first-order chi connectivity index (χ1) is 19.5. The summed E-state index contributed by atoms with van der Waals surface area (Å²) in [5.74, 6) is 0.751. The Balaban J connectivity index is 1.43. The van der Waals surface area contributed by atoms with E-state index < -0.39 is 0 Å². The molecule has 4 aromatic carbocycles. The standard InChI is InChI=1S/C33H29FN2O3S/c1-3-38-30-20-25(16-19-29(30)39-22-24-14-17-27(34)18-15-24)21-31-32(37)36(23(2)26-10-6-4-7-11-26)33(40-31)35-28-12-8-5-9-13-28/h4-21,23H,3,22H2,1-2H3/b31-21+,35-33?/t23-/m1/s1. The maximum Gasteiger partial charge on any atom is 0.267 e. The molecule has 1 heterocycles. The number of benzene rings is 4. The minimum atomic E-state index is -0.288. The molecule has 0 aliphatic carbocycles. The lowest BCUT2D eigenvalue weighted by Crippen LogP contribution is -2.32. The van der Waals surface area contributed by atoms with E-state index in [1.165, 1.54) is 23.9 Å². The van der Waals surface area contributed by atoms with E-state index in [0.29, 0.717) is 28.2 Å². The molecule has 202 valence electrons. The third-order valence-corrected chi connectivity index (χ3v) is 7.34. The average molecular weight is 553 g/mol. The maximum atomic E-state index is 13.8. The summed E-state index contributed by atoms with van der Waals surface area (Å²) in [6.45, 7) is 4.65. The van der Waals surface area contributed by atoms with Gasteiger partial charge in [-0.15, -0.1) is 0 Å². The molecule has 0 saturated carbocycles. The van der Waals surface area contributed by atoms with Gasteiger partial charge in [-0.05, 0) is 84.8 Å². The van der Waals surface area contributed by atoms with Crippen LogP contribution < -0.4 is 9.47 Å². The summed E-state index contributed by atoms with van der Waals surface area (Å²) in [5, 5.41) is 0.628. The van der Waals surface area contributed by atoms with Gasteiger partial charge >= 0.3 is 0 Å². The van der Waals surface area contributed by atoms with Gasteiger partial charge in [-0.2, -0.15) is 0 Å². The maximum absolute atomic E-state index is 13.8. The predicted molar refractivity (Wildman–Crippen MR) is 159 cm³/mol. The molecule has 0 aromatic heterocycles. The van der Waals surface area contributed by atoms with Gasteiger partial charge in [-0.25, -0.2) is 9.38 Å². The lowest BCUT2D eigenvalue weighted by Gasteiger charge is -2.24.